The second-order valence-corrected chi connectivity index (χ2v) is 4.59. The van der Waals surface area contributed by atoms with Gasteiger partial charge in [-0.1, -0.05) is 0 Å². The molecule has 0 N–H and O–H groups in total. The average Bonchev–Trinajstić information content (AvgIpc) is 1.72. The summed E-state index contributed by atoms with van der Waals surface area (Å²) in [6.45, 7) is 1.08. The molecule has 0 radical (unpaired) electrons. The van der Waals surface area contributed by atoms with Gasteiger partial charge in [0.25, 0.3) is 0 Å². The van der Waals surface area contributed by atoms with Crippen molar-refractivity contribution in [2.75, 3.05) is 6.61 Å². The Bertz CT molecular complexity index is 23.0. The number of hydrogen-bond donors (Lipinski definition) is 0. The molecule has 0 aromatic carbocycles. The fraction of sp³-hybridized carbons (Fsp3) is 1.00. The Labute approximate surface area is 54.3 Å². The minimum atomic E-state index is -0.356. The van der Waals surface area contributed by atoms with Crippen molar-refractivity contribution in [3.8, 4) is 0 Å². The van der Waals surface area contributed by atoms with Crippen molar-refractivity contribution in [2.45, 2.75) is 16.1 Å². The van der Waals surface area contributed by atoms with E-state index in [0.29, 0.717) is 0 Å². The van der Waals surface area contributed by atoms with Gasteiger partial charge in [0.05, 0.1) is 0 Å². The molecule has 0 aliphatic carbocycles. The Kier molecular flexibility index (Phi) is 2.70. The zero-order valence-corrected chi connectivity index (χ0v) is 6.65. The van der Waals surface area contributed by atoms with E-state index >= 15 is 0 Å². The van der Waals surface area contributed by atoms with Crippen LogP contribution in [-0.4, -0.2) is 6.61 Å². The van der Waals surface area contributed by atoms with Gasteiger partial charge in [-0.3, -0.25) is 0 Å². The van der Waals surface area contributed by atoms with Gasteiger partial charge in [0.2, 0.25) is 0 Å². The van der Waals surface area contributed by atoms with Crippen molar-refractivity contribution in [1.29, 1.82) is 0 Å². The molecule has 1 nitrogen and oxygen atoms in total. The quantitative estimate of drug-likeness (QED) is 0.518. The second-order valence-electron chi connectivity index (χ2n) is 1.53. The molecule has 6 heavy (non-hydrogen) atoms. The standard InChI is InChI=1S/C4H8O.Y/c1-2-3-4-5;/h1-4H2;/q-1;+1. The topological polar surface area (TPSA) is 9.23 Å². The third-order valence-corrected chi connectivity index (χ3v) is 3.69. The van der Waals surface area contributed by atoms with Gasteiger partial charge < -0.3 is 0 Å². The van der Waals surface area contributed by atoms with E-state index in [0.717, 1.165) is 6.61 Å². The zero-order chi connectivity index (χ0) is 4.24. The van der Waals surface area contributed by atoms with E-state index in [-0.39, 0.29) is 29.7 Å². The molecule has 1 saturated heterocycles. The molecule has 0 unspecified atom stereocenters. The SMILES string of the molecule is C1C[CH2][Y][O]C1. The Morgan fingerprint density at radius 3 is 2.50 bits per heavy atom. The van der Waals surface area contributed by atoms with Crippen LogP contribution in [0.1, 0.15) is 12.8 Å². The minimum absolute atomic E-state index is 0.356. The first-order valence-electron chi connectivity index (χ1n) is 2.43. The molecule has 0 saturated carbocycles. The molecule has 1 aliphatic rings. The molecule has 1 rings (SSSR count). The second kappa shape index (κ2) is 3.12. The first kappa shape index (κ1) is 5.21. The van der Waals surface area contributed by atoms with Crippen LogP contribution in [0.25, 0.3) is 0 Å². The van der Waals surface area contributed by atoms with E-state index in [1.807, 2.05) is 0 Å². The summed E-state index contributed by atoms with van der Waals surface area (Å²) in [7, 11) is 0. The Morgan fingerprint density at radius 1 is 1.33 bits per heavy atom. The monoisotopic (exact) mass is 161 g/mol. The van der Waals surface area contributed by atoms with Crippen LogP contribution < -0.4 is 0 Å². The molecule has 1 aliphatic heterocycles. The summed E-state index contributed by atoms with van der Waals surface area (Å²) in [4.78, 5) is 0. The van der Waals surface area contributed by atoms with E-state index in [9.17, 15) is 0 Å². The van der Waals surface area contributed by atoms with E-state index in [1.54, 1.807) is 0 Å². The van der Waals surface area contributed by atoms with Gasteiger partial charge in [0.1, 0.15) is 0 Å². The van der Waals surface area contributed by atoms with Gasteiger partial charge >= 0.3 is 54.4 Å². The van der Waals surface area contributed by atoms with Crippen molar-refractivity contribution >= 4 is 0 Å². The Morgan fingerprint density at radius 2 is 2.33 bits per heavy atom. The molecule has 33 valence electrons. The van der Waals surface area contributed by atoms with Crippen LogP contribution >= 0.6 is 0 Å². The van der Waals surface area contributed by atoms with Gasteiger partial charge in [-0.25, -0.2) is 0 Å². The summed E-state index contributed by atoms with van der Waals surface area (Å²) in [5.41, 5.74) is 0. The predicted molar refractivity (Wildman–Crippen MR) is 20.0 cm³/mol. The van der Waals surface area contributed by atoms with Gasteiger partial charge in [-0.05, 0) is 0 Å². The van der Waals surface area contributed by atoms with Crippen molar-refractivity contribution in [3.63, 3.8) is 0 Å². The third-order valence-electron chi connectivity index (χ3n) is 0.952. The van der Waals surface area contributed by atoms with Crippen LogP contribution in [0.3, 0.4) is 0 Å². The van der Waals surface area contributed by atoms with E-state index in [1.165, 1.54) is 16.1 Å². The van der Waals surface area contributed by atoms with Crippen molar-refractivity contribution < 1.29 is 31.8 Å². The summed E-state index contributed by atoms with van der Waals surface area (Å²) in [6.07, 6.45) is 2.78. The van der Waals surface area contributed by atoms with Crippen molar-refractivity contribution in [1.82, 2.24) is 0 Å². The van der Waals surface area contributed by atoms with Crippen molar-refractivity contribution in [3.05, 3.63) is 0 Å². The molecule has 0 spiro atoms. The number of hydrogen-bond acceptors (Lipinski definition) is 1. The van der Waals surface area contributed by atoms with Gasteiger partial charge in [-0.15, -0.1) is 0 Å². The Balaban J connectivity index is 2.00. The predicted octanol–water partition coefficient (Wildman–Crippen LogP) is 1.21. The van der Waals surface area contributed by atoms with Crippen LogP contribution in [0.4, 0.5) is 0 Å². The van der Waals surface area contributed by atoms with E-state index < -0.39 is 0 Å². The van der Waals surface area contributed by atoms with Gasteiger partial charge in [-0.2, -0.15) is 0 Å². The van der Waals surface area contributed by atoms with Crippen LogP contribution in [0.5, 0.6) is 0 Å². The average molecular weight is 161 g/mol. The molecule has 2 heteroatoms. The molecular formula is C4H8OY. The first-order valence-corrected chi connectivity index (χ1v) is 5.60. The van der Waals surface area contributed by atoms with Crippen LogP contribution in [0.2, 0.25) is 3.23 Å². The van der Waals surface area contributed by atoms with Gasteiger partial charge in [0.15, 0.2) is 0 Å². The first-order chi connectivity index (χ1) is 3.00. The number of rotatable bonds is 0. The maximum atomic E-state index is 5.26. The van der Waals surface area contributed by atoms with Crippen LogP contribution in [-0.2, 0) is 31.8 Å². The fourth-order valence-corrected chi connectivity index (χ4v) is 2.93. The molecular weight excluding hydrogens is 153 g/mol. The van der Waals surface area contributed by atoms with E-state index in [2.05, 4.69) is 0 Å². The molecule has 1 heterocycles. The van der Waals surface area contributed by atoms with Gasteiger partial charge in [0, 0.05) is 0 Å². The zero-order valence-electron chi connectivity index (χ0n) is 3.81. The summed E-state index contributed by atoms with van der Waals surface area (Å²) in [6, 6.07) is 0. The van der Waals surface area contributed by atoms with Crippen LogP contribution in [0, 0.1) is 0 Å². The normalized spacial score (nSPS) is 21.3. The molecule has 0 atom stereocenters. The summed E-state index contributed by atoms with van der Waals surface area (Å²) in [5.74, 6) is 0. The molecule has 0 amide bonds. The molecule has 0 bridgehead atoms. The van der Waals surface area contributed by atoms with Crippen LogP contribution in [0.15, 0.2) is 0 Å². The Hall–Kier alpha value is 1.06. The molecule has 0 aromatic heterocycles. The fourth-order valence-electron chi connectivity index (χ4n) is 0.580. The summed E-state index contributed by atoms with van der Waals surface area (Å²) < 4.78 is 6.73. The summed E-state index contributed by atoms with van der Waals surface area (Å²) >= 11 is -0.356. The molecule has 1 fully saturated rings. The van der Waals surface area contributed by atoms with Crippen molar-refractivity contribution in [2.24, 2.45) is 0 Å². The van der Waals surface area contributed by atoms with E-state index in [4.69, 9.17) is 2.05 Å². The summed E-state index contributed by atoms with van der Waals surface area (Å²) in [5, 5.41) is 0. The third kappa shape index (κ3) is 1.68. The molecule has 0 aromatic rings. The maximum absolute atomic E-state index is 5.26.